The minimum atomic E-state index is 0.648. The van der Waals surface area contributed by atoms with Gasteiger partial charge >= 0.3 is 0 Å². The smallest absolute Gasteiger partial charge is 0.166 e. The van der Waals surface area contributed by atoms with E-state index in [0.717, 1.165) is 17.5 Å². The summed E-state index contributed by atoms with van der Waals surface area (Å²) in [5, 5.41) is 0. The zero-order valence-corrected chi connectivity index (χ0v) is 9.00. The lowest BCUT2D eigenvalue weighted by atomic mass is 10.3. The highest BCUT2D eigenvalue weighted by Gasteiger charge is 1.98. The summed E-state index contributed by atoms with van der Waals surface area (Å²) < 4.78 is 1.78. The Kier molecular flexibility index (Phi) is 2.96. The van der Waals surface area contributed by atoms with E-state index in [0.29, 0.717) is 5.69 Å². The molecular weight excluding hydrogens is 200 g/mol. The zero-order valence-electron chi connectivity index (χ0n) is 9.00. The number of hydrogen-bond donors (Lipinski definition) is 0. The second-order valence-electron chi connectivity index (χ2n) is 3.52. The molecule has 16 heavy (non-hydrogen) atoms. The molecular formula is C13H12N2O. The van der Waals surface area contributed by atoms with Gasteiger partial charge in [0.1, 0.15) is 0 Å². The number of aliphatic imine (C=N–C) groups is 1. The normalized spacial score (nSPS) is 10.8. The third kappa shape index (κ3) is 2.25. The summed E-state index contributed by atoms with van der Waals surface area (Å²) in [4.78, 5) is 15.0. The Morgan fingerprint density at radius 2 is 2.00 bits per heavy atom. The molecule has 0 fully saturated rings. The summed E-state index contributed by atoms with van der Waals surface area (Å²) >= 11 is 0. The van der Waals surface area contributed by atoms with E-state index in [9.17, 15) is 4.79 Å². The Bertz CT molecular complexity index is 512. The second kappa shape index (κ2) is 4.57. The Hall–Kier alpha value is -2.16. The van der Waals surface area contributed by atoms with Gasteiger partial charge in [-0.05, 0) is 18.2 Å². The van der Waals surface area contributed by atoms with Crippen molar-refractivity contribution in [2.75, 3.05) is 0 Å². The van der Waals surface area contributed by atoms with E-state index >= 15 is 0 Å². The lowest BCUT2D eigenvalue weighted by molar-refractivity contribution is 0.111. The minimum absolute atomic E-state index is 0.648. The van der Waals surface area contributed by atoms with Gasteiger partial charge in [0.15, 0.2) is 6.29 Å². The summed E-state index contributed by atoms with van der Waals surface area (Å²) in [5.74, 6) is 0. The molecule has 0 atom stereocenters. The van der Waals surface area contributed by atoms with E-state index in [1.807, 2.05) is 43.6 Å². The van der Waals surface area contributed by atoms with Gasteiger partial charge in [-0.25, -0.2) is 0 Å². The van der Waals surface area contributed by atoms with Crippen molar-refractivity contribution in [3.63, 3.8) is 0 Å². The predicted molar refractivity (Wildman–Crippen MR) is 64.5 cm³/mol. The summed E-state index contributed by atoms with van der Waals surface area (Å²) in [6.45, 7) is 0. The van der Waals surface area contributed by atoms with Gasteiger partial charge < -0.3 is 4.57 Å². The second-order valence-corrected chi connectivity index (χ2v) is 3.52. The van der Waals surface area contributed by atoms with Crippen LogP contribution < -0.4 is 0 Å². The van der Waals surface area contributed by atoms with Crippen molar-refractivity contribution in [2.45, 2.75) is 0 Å². The van der Waals surface area contributed by atoms with Crippen LogP contribution in [0.3, 0.4) is 0 Å². The first-order valence-corrected chi connectivity index (χ1v) is 5.00. The number of carbonyl (C=O) groups excluding carboxylic acids is 1. The Morgan fingerprint density at radius 3 is 2.62 bits per heavy atom. The van der Waals surface area contributed by atoms with Crippen molar-refractivity contribution in [3.05, 3.63) is 53.9 Å². The number of para-hydroxylation sites is 1. The van der Waals surface area contributed by atoms with E-state index in [-0.39, 0.29) is 0 Å². The first kappa shape index (κ1) is 10.4. The molecule has 2 aromatic rings. The number of aldehydes is 1. The maximum atomic E-state index is 10.6. The van der Waals surface area contributed by atoms with E-state index in [1.54, 1.807) is 16.8 Å². The number of nitrogens with zero attached hydrogens (tertiary/aromatic N) is 2. The topological polar surface area (TPSA) is 34.4 Å². The fourth-order valence-corrected chi connectivity index (χ4v) is 1.46. The first-order valence-electron chi connectivity index (χ1n) is 5.00. The van der Waals surface area contributed by atoms with Gasteiger partial charge in [0, 0.05) is 25.0 Å². The Labute approximate surface area is 94.1 Å². The predicted octanol–water partition coefficient (Wildman–Crippen LogP) is 2.59. The van der Waals surface area contributed by atoms with Crippen molar-refractivity contribution < 1.29 is 4.79 Å². The number of aryl methyl sites for hydroxylation is 1. The SMILES string of the molecule is Cn1cc(C=Nc2ccccc2)cc1C=O. The molecule has 3 nitrogen and oxygen atoms in total. The Morgan fingerprint density at radius 1 is 1.25 bits per heavy atom. The van der Waals surface area contributed by atoms with Crippen molar-refractivity contribution in [1.29, 1.82) is 0 Å². The third-order valence-electron chi connectivity index (χ3n) is 2.30. The molecule has 0 spiro atoms. The fourth-order valence-electron chi connectivity index (χ4n) is 1.46. The van der Waals surface area contributed by atoms with Gasteiger partial charge in [0.25, 0.3) is 0 Å². The van der Waals surface area contributed by atoms with Crippen LogP contribution in [0.4, 0.5) is 5.69 Å². The molecule has 80 valence electrons. The van der Waals surface area contributed by atoms with Gasteiger partial charge in [0.2, 0.25) is 0 Å². The van der Waals surface area contributed by atoms with Gasteiger partial charge in [-0.1, -0.05) is 18.2 Å². The number of aromatic nitrogens is 1. The van der Waals surface area contributed by atoms with Crippen LogP contribution in [0.25, 0.3) is 0 Å². The Balaban J connectivity index is 2.21. The molecule has 1 aromatic heterocycles. The minimum Gasteiger partial charge on any atom is -0.348 e. The summed E-state index contributed by atoms with van der Waals surface area (Å²) in [6.07, 6.45) is 4.46. The van der Waals surface area contributed by atoms with Gasteiger partial charge in [-0.3, -0.25) is 9.79 Å². The highest BCUT2D eigenvalue weighted by Crippen LogP contribution is 2.10. The molecule has 0 amide bonds. The largest absolute Gasteiger partial charge is 0.348 e. The lowest BCUT2D eigenvalue weighted by Crippen LogP contribution is -1.90. The third-order valence-corrected chi connectivity index (χ3v) is 2.30. The van der Waals surface area contributed by atoms with Crippen LogP contribution in [0.15, 0.2) is 47.6 Å². The average Bonchev–Trinajstić information content (AvgIpc) is 2.69. The van der Waals surface area contributed by atoms with Crippen LogP contribution in [0.1, 0.15) is 16.1 Å². The van der Waals surface area contributed by atoms with Crippen LogP contribution >= 0.6 is 0 Å². The van der Waals surface area contributed by atoms with E-state index in [1.165, 1.54) is 0 Å². The standard InChI is InChI=1S/C13H12N2O/c1-15-9-11(7-13(15)10-16)8-14-12-5-3-2-4-6-12/h2-10H,1H3. The van der Waals surface area contributed by atoms with Crippen molar-refractivity contribution in [3.8, 4) is 0 Å². The van der Waals surface area contributed by atoms with Crippen LogP contribution in [-0.2, 0) is 7.05 Å². The molecule has 0 radical (unpaired) electrons. The highest BCUT2D eigenvalue weighted by molar-refractivity contribution is 5.85. The molecule has 0 aliphatic rings. The monoisotopic (exact) mass is 212 g/mol. The quantitative estimate of drug-likeness (QED) is 0.568. The fraction of sp³-hybridized carbons (Fsp3) is 0.0769. The molecule has 0 saturated carbocycles. The molecule has 0 bridgehead atoms. The average molecular weight is 212 g/mol. The van der Waals surface area contributed by atoms with Gasteiger partial charge in [0.05, 0.1) is 11.4 Å². The number of hydrogen-bond acceptors (Lipinski definition) is 2. The van der Waals surface area contributed by atoms with Crippen LogP contribution in [0, 0.1) is 0 Å². The molecule has 2 rings (SSSR count). The molecule has 0 saturated heterocycles. The number of benzene rings is 1. The number of rotatable bonds is 3. The molecule has 1 aromatic carbocycles. The maximum absolute atomic E-state index is 10.6. The van der Waals surface area contributed by atoms with Crippen molar-refractivity contribution >= 4 is 18.2 Å². The van der Waals surface area contributed by atoms with Crippen LogP contribution in [-0.4, -0.2) is 17.1 Å². The van der Waals surface area contributed by atoms with Crippen molar-refractivity contribution in [1.82, 2.24) is 4.57 Å². The summed E-state index contributed by atoms with van der Waals surface area (Å²) in [7, 11) is 1.84. The van der Waals surface area contributed by atoms with E-state index in [2.05, 4.69) is 4.99 Å². The van der Waals surface area contributed by atoms with Gasteiger partial charge in [-0.2, -0.15) is 0 Å². The summed E-state index contributed by atoms with van der Waals surface area (Å²) in [5.41, 5.74) is 2.47. The molecule has 0 aliphatic heterocycles. The lowest BCUT2D eigenvalue weighted by Gasteiger charge is -1.90. The van der Waals surface area contributed by atoms with Gasteiger partial charge in [-0.15, -0.1) is 0 Å². The molecule has 3 heteroatoms. The van der Waals surface area contributed by atoms with Crippen molar-refractivity contribution in [2.24, 2.45) is 12.0 Å². The number of carbonyl (C=O) groups is 1. The summed E-state index contributed by atoms with van der Waals surface area (Å²) in [6, 6.07) is 11.5. The van der Waals surface area contributed by atoms with Crippen LogP contribution in [0.5, 0.6) is 0 Å². The van der Waals surface area contributed by atoms with Crippen LogP contribution in [0.2, 0.25) is 0 Å². The molecule has 1 heterocycles. The highest BCUT2D eigenvalue weighted by atomic mass is 16.1. The maximum Gasteiger partial charge on any atom is 0.166 e. The molecule has 0 aliphatic carbocycles. The zero-order chi connectivity index (χ0) is 11.4. The molecule has 0 N–H and O–H groups in total. The van der Waals surface area contributed by atoms with E-state index in [4.69, 9.17) is 0 Å². The van der Waals surface area contributed by atoms with E-state index < -0.39 is 0 Å². The molecule has 0 unspecified atom stereocenters. The first-order chi connectivity index (χ1) is 7.79.